The Hall–Kier alpha value is -1.71. The molecule has 2 unspecified atom stereocenters. The van der Waals surface area contributed by atoms with Gasteiger partial charge in [0, 0.05) is 12.6 Å². The third kappa shape index (κ3) is 2.28. The summed E-state index contributed by atoms with van der Waals surface area (Å²) in [5, 5.41) is 0. The fourth-order valence-corrected chi connectivity index (χ4v) is 2.72. The highest BCUT2D eigenvalue weighted by Gasteiger charge is 2.30. The molecule has 1 amide bonds. The van der Waals surface area contributed by atoms with E-state index in [-0.39, 0.29) is 11.8 Å². The molecule has 4 N–H and O–H groups in total. The molecule has 0 saturated carbocycles. The summed E-state index contributed by atoms with van der Waals surface area (Å²) in [5.74, 6) is -0.278. The van der Waals surface area contributed by atoms with Gasteiger partial charge in [0.15, 0.2) is 0 Å². The molecule has 0 bridgehead atoms. The molecule has 4 heteroatoms. The lowest BCUT2D eigenvalue weighted by Gasteiger charge is -2.40. The Morgan fingerprint density at radius 1 is 1.39 bits per heavy atom. The zero-order chi connectivity index (χ0) is 13.3. The van der Waals surface area contributed by atoms with Gasteiger partial charge in [-0.15, -0.1) is 0 Å². The summed E-state index contributed by atoms with van der Waals surface area (Å²) in [6.07, 6.45) is 1.85. The third-order valence-corrected chi connectivity index (χ3v) is 3.84. The number of benzene rings is 1. The highest BCUT2D eigenvalue weighted by Crippen LogP contribution is 2.33. The van der Waals surface area contributed by atoms with Crippen LogP contribution in [0.15, 0.2) is 18.2 Å². The topological polar surface area (TPSA) is 72.3 Å². The van der Waals surface area contributed by atoms with E-state index >= 15 is 0 Å². The number of hydrogen-bond donors (Lipinski definition) is 2. The highest BCUT2D eigenvalue weighted by molar-refractivity contribution is 5.79. The summed E-state index contributed by atoms with van der Waals surface area (Å²) in [5.41, 5.74) is 14.5. The zero-order valence-electron chi connectivity index (χ0n) is 11.0. The molecule has 1 fully saturated rings. The minimum atomic E-state index is -0.209. The first-order valence-corrected chi connectivity index (χ1v) is 6.41. The fraction of sp³-hybridized carbons (Fsp3) is 0.500. The average Bonchev–Trinajstić information content (AvgIpc) is 2.30. The van der Waals surface area contributed by atoms with E-state index in [1.54, 1.807) is 0 Å². The maximum atomic E-state index is 11.4. The smallest absolute Gasteiger partial charge is 0.222 e. The largest absolute Gasteiger partial charge is 0.397 e. The van der Waals surface area contributed by atoms with Crippen LogP contribution in [-0.2, 0) is 4.79 Å². The van der Waals surface area contributed by atoms with E-state index in [0.29, 0.717) is 12.6 Å². The van der Waals surface area contributed by atoms with Crippen molar-refractivity contribution in [2.24, 2.45) is 11.7 Å². The van der Waals surface area contributed by atoms with Crippen molar-refractivity contribution in [2.75, 3.05) is 17.2 Å². The number of piperidine rings is 1. The lowest BCUT2D eigenvalue weighted by Crippen LogP contribution is -2.46. The van der Waals surface area contributed by atoms with E-state index in [2.05, 4.69) is 11.8 Å². The maximum absolute atomic E-state index is 11.4. The molecule has 1 aromatic rings. The second-order valence-corrected chi connectivity index (χ2v) is 5.19. The molecular formula is C14H21N3O. The monoisotopic (exact) mass is 247 g/mol. The standard InChI is InChI=1S/C14H21N3O/c1-9-4-3-5-12(15)13(9)17-8-11(14(16)18)7-6-10(17)2/h3-5,10-11H,6-8,15H2,1-2H3,(H2,16,18). The second-order valence-electron chi connectivity index (χ2n) is 5.19. The molecule has 1 aliphatic rings. The van der Waals surface area contributed by atoms with E-state index < -0.39 is 0 Å². The number of carbonyl (C=O) groups is 1. The second kappa shape index (κ2) is 4.88. The molecule has 1 aliphatic heterocycles. The molecule has 2 atom stereocenters. The molecule has 98 valence electrons. The molecule has 2 rings (SSSR count). The Balaban J connectivity index is 2.33. The molecule has 0 aromatic heterocycles. The number of aryl methyl sites for hydroxylation is 1. The average molecular weight is 247 g/mol. The molecule has 4 nitrogen and oxygen atoms in total. The number of nitrogen functional groups attached to an aromatic ring is 1. The summed E-state index contributed by atoms with van der Waals surface area (Å²) < 4.78 is 0. The Kier molecular flexibility index (Phi) is 3.45. The Morgan fingerprint density at radius 3 is 2.72 bits per heavy atom. The zero-order valence-corrected chi connectivity index (χ0v) is 11.0. The fourth-order valence-electron chi connectivity index (χ4n) is 2.72. The Bertz CT molecular complexity index is 438. The van der Waals surface area contributed by atoms with Gasteiger partial charge in [0.2, 0.25) is 5.91 Å². The molecule has 18 heavy (non-hydrogen) atoms. The van der Waals surface area contributed by atoms with Crippen LogP contribution in [0.3, 0.4) is 0 Å². The first kappa shape index (κ1) is 12.7. The van der Waals surface area contributed by atoms with Crippen LogP contribution >= 0.6 is 0 Å². The molecule has 1 heterocycles. The van der Waals surface area contributed by atoms with Crippen LogP contribution in [0.1, 0.15) is 25.3 Å². The van der Waals surface area contributed by atoms with Crippen molar-refractivity contribution in [2.45, 2.75) is 32.7 Å². The normalized spacial score (nSPS) is 24.0. The van der Waals surface area contributed by atoms with Gasteiger partial charge in [-0.05, 0) is 38.3 Å². The predicted molar refractivity (Wildman–Crippen MR) is 74.3 cm³/mol. The molecule has 0 aliphatic carbocycles. The van der Waals surface area contributed by atoms with E-state index in [9.17, 15) is 4.79 Å². The van der Waals surface area contributed by atoms with Gasteiger partial charge in [-0.25, -0.2) is 0 Å². The van der Waals surface area contributed by atoms with Crippen molar-refractivity contribution in [3.8, 4) is 0 Å². The van der Waals surface area contributed by atoms with Crippen LogP contribution in [-0.4, -0.2) is 18.5 Å². The van der Waals surface area contributed by atoms with Crippen molar-refractivity contribution in [1.82, 2.24) is 0 Å². The maximum Gasteiger partial charge on any atom is 0.222 e. The minimum Gasteiger partial charge on any atom is -0.397 e. The summed E-state index contributed by atoms with van der Waals surface area (Å²) in [6, 6.07) is 6.30. The number of rotatable bonds is 2. The van der Waals surface area contributed by atoms with Crippen LogP contribution in [0.4, 0.5) is 11.4 Å². The van der Waals surface area contributed by atoms with Crippen LogP contribution in [0, 0.1) is 12.8 Å². The van der Waals surface area contributed by atoms with Gasteiger partial charge in [0.05, 0.1) is 17.3 Å². The summed E-state index contributed by atoms with van der Waals surface area (Å²) in [4.78, 5) is 13.6. The van der Waals surface area contributed by atoms with Crippen molar-refractivity contribution < 1.29 is 4.79 Å². The van der Waals surface area contributed by atoms with E-state index in [1.807, 2.05) is 25.1 Å². The summed E-state index contributed by atoms with van der Waals surface area (Å²) in [6.45, 7) is 4.89. The quantitative estimate of drug-likeness (QED) is 0.781. The minimum absolute atomic E-state index is 0.0693. The number of anilines is 2. The van der Waals surface area contributed by atoms with Crippen molar-refractivity contribution in [1.29, 1.82) is 0 Å². The van der Waals surface area contributed by atoms with Crippen LogP contribution in [0.25, 0.3) is 0 Å². The van der Waals surface area contributed by atoms with Gasteiger partial charge in [-0.1, -0.05) is 12.1 Å². The van der Waals surface area contributed by atoms with Crippen molar-refractivity contribution in [3.05, 3.63) is 23.8 Å². The molecule has 0 radical (unpaired) electrons. The number of primary amides is 1. The van der Waals surface area contributed by atoms with Gasteiger partial charge >= 0.3 is 0 Å². The number of hydrogen-bond acceptors (Lipinski definition) is 3. The lowest BCUT2D eigenvalue weighted by molar-refractivity contribution is -0.122. The Labute approximate surface area is 108 Å². The van der Waals surface area contributed by atoms with Gasteiger partial charge in [0.25, 0.3) is 0 Å². The van der Waals surface area contributed by atoms with Crippen LogP contribution < -0.4 is 16.4 Å². The van der Waals surface area contributed by atoms with E-state index in [0.717, 1.165) is 29.8 Å². The first-order valence-electron chi connectivity index (χ1n) is 6.41. The van der Waals surface area contributed by atoms with E-state index in [1.165, 1.54) is 0 Å². The lowest BCUT2D eigenvalue weighted by atomic mass is 9.91. The van der Waals surface area contributed by atoms with Gasteiger partial charge in [-0.2, -0.15) is 0 Å². The van der Waals surface area contributed by atoms with Crippen LogP contribution in [0.5, 0.6) is 0 Å². The molecule has 0 spiro atoms. The predicted octanol–water partition coefficient (Wildman–Crippen LogP) is 1.67. The Morgan fingerprint density at radius 2 is 2.11 bits per heavy atom. The van der Waals surface area contributed by atoms with Crippen molar-refractivity contribution in [3.63, 3.8) is 0 Å². The third-order valence-electron chi connectivity index (χ3n) is 3.84. The number of amides is 1. The van der Waals surface area contributed by atoms with Gasteiger partial charge < -0.3 is 16.4 Å². The van der Waals surface area contributed by atoms with Gasteiger partial charge in [0.1, 0.15) is 0 Å². The number of carbonyl (C=O) groups excluding carboxylic acids is 1. The molecule has 1 aromatic carbocycles. The number of para-hydroxylation sites is 1. The highest BCUT2D eigenvalue weighted by atomic mass is 16.1. The molecular weight excluding hydrogens is 226 g/mol. The summed E-state index contributed by atoms with van der Waals surface area (Å²) in [7, 11) is 0. The number of nitrogens with zero attached hydrogens (tertiary/aromatic N) is 1. The van der Waals surface area contributed by atoms with Gasteiger partial charge in [-0.3, -0.25) is 4.79 Å². The first-order chi connectivity index (χ1) is 8.50. The van der Waals surface area contributed by atoms with E-state index in [4.69, 9.17) is 11.5 Å². The van der Waals surface area contributed by atoms with Crippen LogP contribution in [0.2, 0.25) is 0 Å². The number of nitrogens with two attached hydrogens (primary N) is 2. The molecule has 1 saturated heterocycles. The SMILES string of the molecule is Cc1cccc(N)c1N1CC(C(N)=O)CCC1C. The van der Waals surface area contributed by atoms with Crippen molar-refractivity contribution >= 4 is 17.3 Å². The summed E-state index contributed by atoms with van der Waals surface area (Å²) >= 11 is 0.